The fraction of sp³-hybridized carbons (Fsp3) is 0.385. The summed E-state index contributed by atoms with van der Waals surface area (Å²) >= 11 is 2.94. The Hall–Kier alpha value is -1.70. The highest BCUT2D eigenvalue weighted by atomic mass is 79.9. The van der Waals surface area contributed by atoms with Crippen LogP contribution in [0.15, 0.2) is 16.6 Å². The van der Waals surface area contributed by atoms with Gasteiger partial charge in [0.25, 0.3) is 0 Å². The first-order chi connectivity index (χ1) is 9.79. The summed E-state index contributed by atoms with van der Waals surface area (Å²) in [5.74, 6) is -2.76. The minimum atomic E-state index is -0.912. The van der Waals surface area contributed by atoms with Gasteiger partial charge in [-0.2, -0.15) is 0 Å². The molecule has 21 heavy (non-hydrogen) atoms. The van der Waals surface area contributed by atoms with E-state index in [0.717, 1.165) is 12.1 Å². The smallest absolute Gasteiger partial charge is 0.319 e. The van der Waals surface area contributed by atoms with E-state index in [1.54, 1.807) is 6.92 Å². The number of anilines is 1. The van der Waals surface area contributed by atoms with E-state index in [2.05, 4.69) is 26.6 Å². The summed E-state index contributed by atoms with van der Waals surface area (Å²) in [7, 11) is 0. The van der Waals surface area contributed by atoms with Gasteiger partial charge < -0.3 is 15.7 Å². The summed E-state index contributed by atoms with van der Waals surface area (Å²) in [6, 6.07) is 1.32. The molecule has 0 aliphatic carbocycles. The van der Waals surface area contributed by atoms with Gasteiger partial charge in [0.1, 0.15) is 5.69 Å². The maximum Gasteiger partial charge on any atom is 0.319 e. The number of amides is 2. The monoisotopic (exact) mass is 364 g/mol. The molecule has 1 unspecified atom stereocenters. The normalized spacial score (nSPS) is 11.8. The number of hydrogen-bond acceptors (Lipinski definition) is 2. The molecule has 0 bridgehead atoms. The Labute approximate surface area is 128 Å². The number of urea groups is 1. The molecule has 1 rings (SSSR count). The van der Waals surface area contributed by atoms with E-state index >= 15 is 0 Å². The van der Waals surface area contributed by atoms with Crippen molar-refractivity contribution in [2.24, 2.45) is 5.92 Å². The molecule has 0 saturated carbocycles. The molecule has 5 nitrogen and oxygen atoms in total. The average molecular weight is 365 g/mol. The molecule has 0 spiro atoms. The predicted molar refractivity (Wildman–Crippen MR) is 77.1 cm³/mol. The number of nitrogens with one attached hydrogen (secondary N) is 2. The minimum Gasteiger partial charge on any atom is -0.481 e. The number of carboxylic acids is 1. The first kappa shape index (κ1) is 17.4. The van der Waals surface area contributed by atoms with E-state index in [-0.39, 0.29) is 23.4 Å². The zero-order chi connectivity index (χ0) is 16.0. The first-order valence-electron chi connectivity index (χ1n) is 6.20. The number of carbonyl (C=O) groups is 2. The van der Waals surface area contributed by atoms with E-state index in [4.69, 9.17) is 5.11 Å². The predicted octanol–water partition coefficient (Wildman–Crippen LogP) is 3.35. The van der Waals surface area contributed by atoms with Gasteiger partial charge >= 0.3 is 12.0 Å². The Balaban J connectivity index is 2.49. The molecule has 1 atom stereocenters. The van der Waals surface area contributed by atoms with Crippen LogP contribution < -0.4 is 10.6 Å². The van der Waals surface area contributed by atoms with Crippen molar-refractivity contribution in [3.63, 3.8) is 0 Å². The lowest BCUT2D eigenvalue weighted by Crippen LogP contribution is -2.33. The average Bonchev–Trinajstić information content (AvgIpc) is 2.38. The largest absolute Gasteiger partial charge is 0.481 e. The van der Waals surface area contributed by atoms with Crippen LogP contribution in [0.25, 0.3) is 0 Å². The van der Waals surface area contributed by atoms with Gasteiger partial charge in [0.15, 0.2) is 11.6 Å². The number of rotatable bonds is 6. The molecule has 116 valence electrons. The molecular weight excluding hydrogens is 350 g/mol. The van der Waals surface area contributed by atoms with Crippen molar-refractivity contribution in [2.45, 2.75) is 19.8 Å². The van der Waals surface area contributed by atoms with Crippen molar-refractivity contribution in [1.29, 1.82) is 0 Å². The number of hydrogen-bond donors (Lipinski definition) is 3. The molecule has 0 aliphatic rings. The molecule has 2 amide bonds. The van der Waals surface area contributed by atoms with Crippen LogP contribution in [0.3, 0.4) is 0 Å². The van der Waals surface area contributed by atoms with Crippen LogP contribution >= 0.6 is 15.9 Å². The molecule has 0 radical (unpaired) electrons. The van der Waals surface area contributed by atoms with Gasteiger partial charge in [0, 0.05) is 17.4 Å². The van der Waals surface area contributed by atoms with Crippen LogP contribution in [0.4, 0.5) is 19.3 Å². The maximum absolute atomic E-state index is 13.5. The van der Waals surface area contributed by atoms with Gasteiger partial charge in [-0.25, -0.2) is 13.6 Å². The summed E-state index contributed by atoms with van der Waals surface area (Å²) < 4.78 is 27.2. The van der Waals surface area contributed by atoms with Crippen molar-refractivity contribution in [3.05, 3.63) is 28.2 Å². The molecule has 8 heteroatoms. The fourth-order valence-corrected chi connectivity index (χ4v) is 1.96. The van der Waals surface area contributed by atoms with Crippen LogP contribution in [-0.2, 0) is 4.79 Å². The summed E-state index contributed by atoms with van der Waals surface area (Å²) in [6.45, 7) is 1.98. The van der Waals surface area contributed by atoms with E-state index in [0.29, 0.717) is 6.42 Å². The second-order valence-electron chi connectivity index (χ2n) is 4.62. The third kappa shape index (κ3) is 6.07. The van der Waals surface area contributed by atoms with E-state index < -0.39 is 29.3 Å². The molecule has 1 aromatic carbocycles. The number of carbonyl (C=O) groups excluding carboxylic acids is 1. The number of halogens is 3. The second-order valence-corrected chi connectivity index (χ2v) is 5.53. The lowest BCUT2D eigenvalue weighted by atomic mass is 10.1. The Morgan fingerprint density at radius 3 is 2.43 bits per heavy atom. The standard InChI is InChI=1S/C13H15BrF2N2O3/c1-7(2-3-11(19)20)6-17-13(21)18-12-9(15)4-8(14)5-10(12)16/h4-5,7H,2-3,6H2,1H3,(H,19,20)(H2,17,18,21). The zero-order valence-corrected chi connectivity index (χ0v) is 12.8. The van der Waals surface area contributed by atoms with Crippen LogP contribution in [0.2, 0.25) is 0 Å². The van der Waals surface area contributed by atoms with Crippen molar-refractivity contribution >= 4 is 33.6 Å². The highest BCUT2D eigenvalue weighted by molar-refractivity contribution is 9.10. The Kier molecular flexibility index (Phi) is 6.54. The molecule has 0 aromatic heterocycles. The fourth-order valence-electron chi connectivity index (χ4n) is 1.56. The summed E-state index contributed by atoms with van der Waals surface area (Å²) in [5, 5.41) is 13.1. The van der Waals surface area contributed by atoms with Gasteiger partial charge in [-0.05, 0) is 24.5 Å². The number of aliphatic carboxylic acids is 1. The summed E-state index contributed by atoms with van der Waals surface area (Å²) in [6.07, 6.45) is 0.400. The topological polar surface area (TPSA) is 78.4 Å². The molecule has 3 N–H and O–H groups in total. The molecular formula is C13H15BrF2N2O3. The van der Waals surface area contributed by atoms with E-state index in [9.17, 15) is 18.4 Å². The van der Waals surface area contributed by atoms with E-state index in [1.165, 1.54) is 0 Å². The third-order valence-electron chi connectivity index (χ3n) is 2.71. The first-order valence-corrected chi connectivity index (χ1v) is 7.00. The molecule has 0 saturated heterocycles. The van der Waals surface area contributed by atoms with Gasteiger partial charge in [-0.15, -0.1) is 0 Å². The van der Waals surface area contributed by atoms with Crippen LogP contribution in [0.1, 0.15) is 19.8 Å². The number of carboxylic acid groups (broad SMARTS) is 1. The van der Waals surface area contributed by atoms with Gasteiger partial charge in [-0.1, -0.05) is 22.9 Å². The Morgan fingerprint density at radius 1 is 1.33 bits per heavy atom. The number of benzene rings is 1. The van der Waals surface area contributed by atoms with Crippen LogP contribution in [-0.4, -0.2) is 23.7 Å². The minimum absolute atomic E-state index is 0.000431. The lowest BCUT2D eigenvalue weighted by molar-refractivity contribution is -0.137. The molecule has 0 fully saturated rings. The van der Waals surface area contributed by atoms with E-state index in [1.807, 2.05) is 0 Å². The highest BCUT2D eigenvalue weighted by Crippen LogP contribution is 2.23. The highest BCUT2D eigenvalue weighted by Gasteiger charge is 2.14. The van der Waals surface area contributed by atoms with Crippen molar-refractivity contribution in [1.82, 2.24) is 5.32 Å². The van der Waals surface area contributed by atoms with Crippen molar-refractivity contribution in [3.8, 4) is 0 Å². The second kappa shape index (κ2) is 7.92. The quantitative estimate of drug-likeness (QED) is 0.724. The Morgan fingerprint density at radius 2 is 1.90 bits per heavy atom. The van der Waals surface area contributed by atoms with Crippen LogP contribution in [0, 0.1) is 17.6 Å². The molecule has 0 aliphatic heterocycles. The van der Waals surface area contributed by atoms with Crippen molar-refractivity contribution < 1.29 is 23.5 Å². The maximum atomic E-state index is 13.5. The zero-order valence-electron chi connectivity index (χ0n) is 11.3. The summed E-state index contributed by atoms with van der Waals surface area (Å²) in [4.78, 5) is 22.0. The van der Waals surface area contributed by atoms with Gasteiger partial charge in [0.05, 0.1) is 0 Å². The van der Waals surface area contributed by atoms with Gasteiger partial charge in [0.2, 0.25) is 0 Å². The molecule has 0 heterocycles. The summed E-state index contributed by atoms with van der Waals surface area (Å²) in [5.41, 5.74) is -0.533. The lowest BCUT2D eigenvalue weighted by Gasteiger charge is -2.13. The van der Waals surface area contributed by atoms with Crippen molar-refractivity contribution in [2.75, 3.05) is 11.9 Å². The van der Waals surface area contributed by atoms with Gasteiger partial charge in [-0.3, -0.25) is 4.79 Å². The SMILES string of the molecule is CC(CCC(=O)O)CNC(=O)Nc1c(F)cc(Br)cc1F. The third-order valence-corrected chi connectivity index (χ3v) is 3.17. The van der Waals surface area contributed by atoms with Crippen LogP contribution in [0.5, 0.6) is 0 Å². The Bertz CT molecular complexity index is 517. The molecule has 1 aromatic rings.